The molecule has 2 rings (SSSR count). The molecule has 17 heavy (non-hydrogen) atoms. The molecule has 4 nitrogen and oxygen atoms in total. The standard InChI is InChI=1S/C11H11BrFN3O/c1-5(2)16-7-4-3-6(12)9(13)8(7)10(15-16)11(14)17/h3-5H,1-2H3,(H2,14,17). The van der Waals surface area contributed by atoms with Crippen molar-refractivity contribution in [3.63, 3.8) is 0 Å². The van der Waals surface area contributed by atoms with Gasteiger partial charge in [0.25, 0.3) is 5.91 Å². The molecule has 0 spiro atoms. The minimum absolute atomic E-state index is 0.0196. The van der Waals surface area contributed by atoms with E-state index in [1.54, 1.807) is 16.8 Å². The smallest absolute Gasteiger partial charge is 0.269 e. The molecule has 1 amide bonds. The summed E-state index contributed by atoms with van der Waals surface area (Å²) in [7, 11) is 0. The van der Waals surface area contributed by atoms with Gasteiger partial charge in [0.2, 0.25) is 0 Å². The van der Waals surface area contributed by atoms with Gasteiger partial charge in [0.15, 0.2) is 5.69 Å². The first kappa shape index (κ1) is 12.0. The summed E-state index contributed by atoms with van der Waals surface area (Å²) < 4.78 is 15.9. The molecule has 1 aromatic carbocycles. The van der Waals surface area contributed by atoms with Gasteiger partial charge in [0, 0.05) is 6.04 Å². The van der Waals surface area contributed by atoms with Gasteiger partial charge in [-0.1, -0.05) is 0 Å². The van der Waals surface area contributed by atoms with Crippen LogP contribution in [0, 0.1) is 5.82 Å². The molecule has 0 aliphatic carbocycles. The van der Waals surface area contributed by atoms with Crippen LogP contribution in [0.2, 0.25) is 0 Å². The molecule has 0 radical (unpaired) electrons. The van der Waals surface area contributed by atoms with Crippen molar-refractivity contribution < 1.29 is 9.18 Å². The Morgan fingerprint density at radius 1 is 1.53 bits per heavy atom. The second-order valence-electron chi connectivity index (χ2n) is 4.01. The van der Waals surface area contributed by atoms with Crippen LogP contribution < -0.4 is 5.73 Å². The Balaban J connectivity index is 2.91. The third-order valence-corrected chi connectivity index (χ3v) is 3.10. The number of halogens is 2. The van der Waals surface area contributed by atoms with E-state index in [-0.39, 0.29) is 21.6 Å². The Morgan fingerprint density at radius 3 is 2.71 bits per heavy atom. The van der Waals surface area contributed by atoms with Gasteiger partial charge in [0.05, 0.1) is 15.4 Å². The lowest BCUT2D eigenvalue weighted by molar-refractivity contribution is 0.0996. The number of amides is 1. The highest BCUT2D eigenvalue weighted by atomic mass is 79.9. The Kier molecular flexibility index (Phi) is 2.91. The van der Waals surface area contributed by atoms with Crippen molar-refractivity contribution in [2.45, 2.75) is 19.9 Å². The van der Waals surface area contributed by atoms with Gasteiger partial charge in [-0.2, -0.15) is 5.10 Å². The fourth-order valence-electron chi connectivity index (χ4n) is 1.73. The average Bonchev–Trinajstić information content (AvgIpc) is 2.63. The Labute approximate surface area is 106 Å². The van der Waals surface area contributed by atoms with Gasteiger partial charge >= 0.3 is 0 Å². The highest BCUT2D eigenvalue weighted by molar-refractivity contribution is 9.10. The van der Waals surface area contributed by atoms with E-state index in [4.69, 9.17) is 5.73 Å². The Bertz CT molecular complexity index is 606. The zero-order chi connectivity index (χ0) is 12.7. The first-order valence-electron chi connectivity index (χ1n) is 5.09. The largest absolute Gasteiger partial charge is 0.364 e. The van der Waals surface area contributed by atoms with E-state index >= 15 is 0 Å². The third kappa shape index (κ3) is 1.82. The van der Waals surface area contributed by atoms with Gasteiger partial charge in [-0.05, 0) is 41.9 Å². The molecule has 90 valence electrons. The van der Waals surface area contributed by atoms with Crippen molar-refractivity contribution in [3.05, 3.63) is 28.1 Å². The Morgan fingerprint density at radius 2 is 2.18 bits per heavy atom. The van der Waals surface area contributed by atoms with E-state index in [0.29, 0.717) is 5.52 Å². The Hall–Kier alpha value is -1.43. The molecule has 6 heteroatoms. The van der Waals surface area contributed by atoms with Gasteiger partial charge < -0.3 is 5.73 Å². The van der Waals surface area contributed by atoms with Crippen LogP contribution in [0.15, 0.2) is 16.6 Å². The van der Waals surface area contributed by atoms with Crippen molar-refractivity contribution in [1.29, 1.82) is 0 Å². The molecular weight excluding hydrogens is 289 g/mol. The number of aromatic nitrogens is 2. The molecule has 0 aliphatic heterocycles. The molecule has 2 aromatic rings. The summed E-state index contributed by atoms with van der Waals surface area (Å²) in [4.78, 5) is 11.3. The summed E-state index contributed by atoms with van der Waals surface area (Å²) in [6.45, 7) is 3.80. The maximum Gasteiger partial charge on any atom is 0.269 e. The molecule has 1 heterocycles. The molecular formula is C11H11BrFN3O. The highest BCUT2D eigenvalue weighted by Crippen LogP contribution is 2.29. The van der Waals surface area contributed by atoms with Crippen LogP contribution in [0.5, 0.6) is 0 Å². The lowest BCUT2D eigenvalue weighted by Gasteiger charge is -2.06. The minimum atomic E-state index is -0.730. The molecule has 0 saturated heterocycles. The lowest BCUT2D eigenvalue weighted by atomic mass is 10.2. The number of fused-ring (bicyclic) bond motifs is 1. The molecule has 2 N–H and O–H groups in total. The SMILES string of the molecule is CC(C)n1nc(C(N)=O)c2c(F)c(Br)ccc21. The zero-order valence-electron chi connectivity index (χ0n) is 9.37. The molecule has 0 atom stereocenters. The summed E-state index contributed by atoms with van der Waals surface area (Å²) in [5.41, 5.74) is 5.75. The third-order valence-electron chi connectivity index (χ3n) is 2.49. The molecule has 0 aliphatic rings. The van der Waals surface area contributed by atoms with Crippen molar-refractivity contribution in [2.24, 2.45) is 5.73 Å². The fourth-order valence-corrected chi connectivity index (χ4v) is 2.06. The monoisotopic (exact) mass is 299 g/mol. The van der Waals surface area contributed by atoms with Gasteiger partial charge in [-0.15, -0.1) is 0 Å². The van der Waals surface area contributed by atoms with Crippen LogP contribution in [-0.4, -0.2) is 15.7 Å². The summed E-state index contributed by atoms with van der Waals surface area (Å²) >= 11 is 3.08. The average molecular weight is 300 g/mol. The summed E-state index contributed by atoms with van der Waals surface area (Å²) in [6.07, 6.45) is 0. The van der Waals surface area contributed by atoms with Crippen molar-refractivity contribution in [1.82, 2.24) is 9.78 Å². The van der Waals surface area contributed by atoms with Crippen LogP contribution in [0.3, 0.4) is 0 Å². The first-order valence-corrected chi connectivity index (χ1v) is 5.88. The van der Waals surface area contributed by atoms with E-state index in [0.717, 1.165) is 0 Å². The van der Waals surface area contributed by atoms with Crippen LogP contribution >= 0.6 is 15.9 Å². The number of nitrogens with two attached hydrogens (primary N) is 1. The second kappa shape index (κ2) is 4.10. The quantitative estimate of drug-likeness (QED) is 0.926. The van der Waals surface area contributed by atoms with E-state index in [9.17, 15) is 9.18 Å². The number of carbonyl (C=O) groups excluding carboxylic acids is 1. The first-order chi connectivity index (χ1) is 7.93. The maximum absolute atomic E-state index is 14.0. The number of rotatable bonds is 2. The van der Waals surface area contributed by atoms with E-state index < -0.39 is 11.7 Å². The number of hydrogen-bond acceptors (Lipinski definition) is 2. The van der Waals surface area contributed by atoms with Crippen LogP contribution in [0.1, 0.15) is 30.4 Å². The highest BCUT2D eigenvalue weighted by Gasteiger charge is 2.20. The molecule has 0 saturated carbocycles. The van der Waals surface area contributed by atoms with E-state index in [2.05, 4.69) is 21.0 Å². The van der Waals surface area contributed by atoms with Gasteiger partial charge in [-0.25, -0.2) is 4.39 Å². The second-order valence-corrected chi connectivity index (χ2v) is 4.86. The molecule has 0 unspecified atom stereocenters. The van der Waals surface area contributed by atoms with E-state index in [1.807, 2.05) is 13.8 Å². The van der Waals surface area contributed by atoms with Crippen LogP contribution in [0.4, 0.5) is 4.39 Å². The predicted octanol–water partition coefficient (Wildman–Crippen LogP) is 2.62. The zero-order valence-corrected chi connectivity index (χ0v) is 11.0. The predicted molar refractivity (Wildman–Crippen MR) is 66.3 cm³/mol. The van der Waals surface area contributed by atoms with Gasteiger partial charge in [-0.3, -0.25) is 9.48 Å². The number of primary amides is 1. The number of benzene rings is 1. The van der Waals surface area contributed by atoms with Crippen LogP contribution in [-0.2, 0) is 0 Å². The normalized spacial score (nSPS) is 11.4. The summed E-state index contributed by atoms with van der Waals surface area (Å²) in [5.74, 6) is -1.24. The molecule has 1 aromatic heterocycles. The van der Waals surface area contributed by atoms with Crippen molar-refractivity contribution in [3.8, 4) is 0 Å². The number of carbonyl (C=O) groups is 1. The number of hydrogen-bond donors (Lipinski definition) is 1. The fraction of sp³-hybridized carbons (Fsp3) is 0.273. The van der Waals surface area contributed by atoms with Crippen molar-refractivity contribution >= 4 is 32.7 Å². The lowest BCUT2D eigenvalue weighted by Crippen LogP contribution is -2.13. The topological polar surface area (TPSA) is 60.9 Å². The maximum atomic E-state index is 14.0. The van der Waals surface area contributed by atoms with Crippen LogP contribution in [0.25, 0.3) is 10.9 Å². The summed E-state index contributed by atoms with van der Waals surface area (Å²) in [5, 5.41) is 4.24. The number of nitrogens with zero attached hydrogens (tertiary/aromatic N) is 2. The van der Waals surface area contributed by atoms with E-state index in [1.165, 1.54) is 0 Å². The van der Waals surface area contributed by atoms with Crippen molar-refractivity contribution in [2.75, 3.05) is 0 Å². The molecule has 0 fully saturated rings. The molecule has 0 bridgehead atoms. The summed E-state index contributed by atoms with van der Waals surface area (Å²) in [6, 6.07) is 3.32. The minimum Gasteiger partial charge on any atom is -0.364 e. The van der Waals surface area contributed by atoms with Gasteiger partial charge in [0.1, 0.15) is 5.82 Å².